The predicted molar refractivity (Wildman–Crippen MR) is 161 cm³/mol. The van der Waals surface area contributed by atoms with E-state index in [0.717, 1.165) is 5.46 Å². The number of aromatic nitrogens is 4. The van der Waals surface area contributed by atoms with E-state index >= 15 is 0 Å². The van der Waals surface area contributed by atoms with Crippen LogP contribution in [0.1, 0.15) is 23.0 Å². The maximum atomic E-state index is 13.3. The molecular formula is C30H28BN5O6. The first-order chi connectivity index (χ1) is 20.3. The van der Waals surface area contributed by atoms with Crippen molar-refractivity contribution in [2.45, 2.75) is 13.8 Å². The molecule has 0 spiro atoms. The molecule has 11 nitrogen and oxygen atoms in total. The molecule has 0 fully saturated rings. The van der Waals surface area contributed by atoms with Gasteiger partial charge >= 0.3 is 0 Å². The van der Waals surface area contributed by atoms with Crippen molar-refractivity contribution in [2.75, 3.05) is 26.1 Å². The second kappa shape index (κ2) is 12.0. The molecule has 1 amide bonds. The third kappa shape index (κ3) is 5.59. The molecule has 4 heterocycles. The van der Waals surface area contributed by atoms with E-state index in [1.807, 2.05) is 14.8 Å². The summed E-state index contributed by atoms with van der Waals surface area (Å²) < 4.78 is 23.7. The van der Waals surface area contributed by atoms with Gasteiger partial charge in [-0.25, -0.2) is 9.97 Å². The molecule has 5 aromatic rings. The van der Waals surface area contributed by atoms with E-state index in [0.29, 0.717) is 63.7 Å². The van der Waals surface area contributed by atoms with Gasteiger partial charge in [0, 0.05) is 29.7 Å². The predicted octanol–water partition coefficient (Wildman–Crippen LogP) is 3.20. The standard InChI is InChI=1S/C30H28BN5O6/c1-5-41-19-8-11-26(33-16-19)36-17(2)6-9-20(30(36)38)28(37)34-18-7-10-23(21(31)14-18)42-24-12-13-32-22-15-25(39-3)29(40-4)35-27(22)24/h6-16H,5,31H2,1-4H3,(H,34,37). The molecule has 0 radical (unpaired) electrons. The molecule has 1 N–H and O–H groups in total. The molecule has 12 heteroatoms. The number of hydrogen-bond acceptors (Lipinski definition) is 9. The lowest BCUT2D eigenvalue weighted by molar-refractivity contribution is 0.102. The number of ether oxygens (including phenoxy) is 4. The lowest BCUT2D eigenvalue weighted by Gasteiger charge is -2.14. The Labute approximate surface area is 242 Å². The number of nitrogens with zero attached hydrogens (tertiary/aromatic N) is 4. The second-order valence-electron chi connectivity index (χ2n) is 9.23. The number of pyridine rings is 4. The summed E-state index contributed by atoms with van der Waals surface area (Å²) in [4.78, 5) is 39.7. The highest BCUT2D eigenvalue weighted by Crippen LogP contribution is 2.33. The Morgan fingerprint density at radius 2 is 1.81 bits per heavy atom. The fourth-order valence-electron chi connectivity index (χ4n) is 4.39. The Morgan fingerprint density at radius 3 is 2.50 bits per heavy atom. The van der Waals surface area contributed by atoms with E-state index in [-0.39, 0.29) is 5.56 Å². The Bertz CT molecular complexity index is 1840. The van der Waals surface area contributed by atoms with Gasteiger partial charge in [-0.3, -0.25) is 19.1 Å². The van der Waals surface area contributed by atoms with Crippen molar-refractivity contribution in [3.05, 3.63) is 88.6 Å². The SMILES string of the molecule is Bc1cc(NC(=O)c2ccc(C)n(-c3ccc(OCC)cn3)c2=O)ccc1Oc1ccnc2cc(OC)c(OC)nc12. The summed E-state index contributed by atoms with van der Waals surface area (Å²) in [5.41, 5.74) is 2.47. The normalized spacial score (nSPS) is 10.8. The van der Waals surface area contributed by atoms with Crippen LogP contribution in [0.5, 0.6) is 28.9 Å². The summed E-state index contributed by atoms with van der Waals surface area (Å²) in [6.07, 6.45) is 3.16. The molecule has 0 saturated carbocycles. The van der Waals surface area contributed by atoms with Gasteiger partial charge in [-0.1, -0.05) is 0 Å². The van der Waals surface area contributed by atoms with Gasteiger partial charge in [0.05, 0.1) is 32.5 Å². The first kappa shape index (κ1) is 28.2. The number of aryl methyl sites for hydroxylation is 1. The number of hydrogen-bond donors (Lipinski definition) is 1. The summed E-state index contributed by atoms with van der Waals surface area (Å²) in [5, 5.41) is 2.81. The van der Waals surface area contributed by atoms with Crippen molar-refractivity contribution in [2.24, 2.45) is 0 Å². The first-order valence-electron chi connectivity index (χ1n) is 13.1. The van der Waals surface area contributed by atoms with Crippen molar-refractivity contribution in [1.29, 1.82) is 0 Å². The van der Waals surface area contributed by atoms with Gasteiger partial charge in [0.1, 0.15) is 36.2 Å². The van der Waals surface area contributed by atoms with Crippen molar-refractivity contribution in [3.63, 3.8) is 0 Å². The number of anilines is 1. The minimum absolute atomic E-state index is 0.0204. The number of amides is 1. The fourth-order valence-corrected chi connectivity index (χ4v) is 4.39. The minimum Gasteiger partial charge on any atom is -0.492 e. The second-order valence-corrected chi connectivity index (χ2v) is 9.23. The van der Waals surface area contributed by atoms with Crippen LogP contribution in [-0.2, 0) is 0 Å². The van der Waals surface area contributed by atoms with Crippen LogP contribution in [0.2, 0.25) is 0 Å². The summed E-state index contributed by atoms with van der Waals surface area (Å²) >= 11 is 0. The molecular weight excluding hydrogens is 537 g/mol. The van der Waals surface area contributed by atoms with Crippen LogP contribution in [0.4, 0.5) is 5.69 Å². The minimum atomic E-state index is -0.543. The van der Waals surface area contributed by atoms with Gasteiger partial charge < -0.3 is 24.3 Å². The lowest BCUT2D eigenvalue weighted by atomic mass is 9.94. The molecule has 0 atom stereocenters. The number of methoxy groups -OCH3 is 2. The molecule has 5 rings (SSSR count). The number of fused-ring (bicyclic) bond motifs is 1. The number of carbonyl (C=O) groups is 1. The Morgan fingerprint density at radius 1 is 0.976 bits per heavy atom. The fraction of sp³-hybridized carbons (Fsp3) is 0.167. The lowest BCUT2D eigenvalue weighted by Crippen LogP contribution is -2.30. The first-order valence-corrected chi connectivity index (χ1v) is 13.1. The van der Waals surface area contributed by atoms with Crippen molar-refractivity contribution < 1.29 is 23.7 Å². The van der Waals surface area contributed by atoms with E-state index in [1.165, 1.54) is 24.9 Å². The van der Waals surface area contributed by atoms with E-state index in [9.17, 15) is 9.59 Å². The average Bonchev–Trinajstić information content (AvgIpc) is 2.99. The van der Waals surface area contributed by atoms with Gasteiger partial charge in [0.2, 0.25) is 0 Å². The maximum absolute atomic E-state index is 13.3. The van der Waals surface area contributed by atoms with Crippen LogP contribution in [0.25, 0.3) is 16.9 Å². The Balaban J connectivity index is 1.38. The quantitative estimate of drug-likeness (QED) is 0.268. The van der Waals surface area contributed by atoms with Crippen LogP contribution >= 0.6 is 0 Å². The van der Waals surface area contributed by atoms with Gasteiger partial charge in [-0.05, 0) is 61.8 Å². The van der Waals surface area contributed by atoms with E-state index in [2.05, 4.69) is 20.3 Å². The van der Waals surface area contributed by atoms with Crippen LogP contribution in [0.15, 0.2) is 71.8 Å². The summed E-state index contributed by atoms with van der Waals surface area (Å²) in [6.45, 7) is 4.16. The average molecular weight is 565 g/mol. The van der Waals surface area contributed by atoms with Crippen molar-refractivity contribution in [1.82, 2.24) is 19.5 Å². The number of carbonyl (C=O) groups excluding carboxylic acids is 1. The molecule has 0 aliphatic carbocycles. The van der Waals surface area contributed by atoms with Gasteiger partial charge in [0.25, 0.3) is 17.3 Å². The zero-order valence-corrected chi connectivity index (χ0v) is 23.8. The van der Waals surface area contributed by atoms with E-state index in [1.54, 1.807) is 67.8 Å². The largest absolute Gasteiger partial charge is 0.492 e. The zero-order chi connectivity index (χ0) is 29.8. The maximum Gasteiger partial charge on any atom is 0.269 e. The summed E-state index contributed by atoms with van der Waals surface area (Å²) in [6, 6.07) is 15.2. The molecule has 42 heavy (non-hydrogen) atoms. The molecule has 4 aromatic heterocycles. The number of benzene rings is 1. The van der Waals surface area contributed by atoms with E-state index in [4.69, 9.17) is 18.9 Å². The van der Waals surface area contributed by atoms with E-state index < -0.39 is 11.5 Å². The van der Waals surface area contributed by atoms with Gasteiger partial charge in [0.15, 0.2) is 11.5 Å². The van der Waals surface area contributed by atoms with Crippen LogP contribution in [0.3, 0.4) is 0 Å². The van der Waals surface area contributed by atoms with Crippen LogP contribution in [-0.4, -0.2) is 54.1 Å². The molecule has 0 bridgehead atoms. The summed E-state index contributed by atoms with van der Waals surface area (Å²) in [7, 11) is 4.89. The molecule has 1 aromatic carbocycles. The molecule has 0 saturated heterocycles. The highest BCUT2D eigenvalue weighted by Gasteiger charge is 2.17. The summed E-state index contributed by atoms with van der Waals surface area (Å²) in [5.74, 6) is 2.24. The highest BCUT2D eigenvalue weighted by atomic mass is 16.5. The highest BCUT2D eigenvalue weighted by molar-refractivity contribution is 6.34. The van der Waals surface area contributed by atoms with Crippen molar-refractivity contribution in [3.8, 4) is 34.7 Å². The topological polar surface area (TPSA) is 127 Å². The molecule has 0 aliphatic heterocycles. The zero-order valence-electron chi connectivity index (χ0n) is 23.8. The van der Waals surface area contributed by atoms with Crippen molar-refractivity contribution >= 4 is 35.9 Å². The Hall–Kier alpha value is -5.39. The van der Waals surface area contributed by atoms with Crippen LogP contribution in [0, 0.1) is 6.92 Å². The van der Waals surface area contributed by atoms with Crippen LogP contribution < -0.4 is 35.3 Å². The molecule has 0 unspecified atom stereocenters. The number of rotatable bonds is 9. The Kier molecular flexibility index (Phi) is 8.05. The molecule has 0 aliphatic rings. The molecule has 212 valence electrons. The van der Waals surface area contributed by atoms with Gasteiger partial charge in [-0.2, -0.15) is 0 Å². The monoisotopic (exact) mass is 565 g/mol. The number of nitrogens with one attached hydrogen (secondary N) is 1. The third-order valence-electron chi connectivity index (χ3n) is 6.46. The smallest absolute Gasteiger partial charge is 0.269 e. The third-order valence-corrected chi connectivity index (χ3v) is 6.46. The van der Waals surface area contributed by atoms with Gasteiger partial charge in [-0.15, -0.1) is 0 Å².